The first-order valence-electron chi connectivity index (χ1n) is 13.8. The van der Waals surface area contributed by atoms with Crippen molar-refractivity contribution in [2.45, 2.75) is 31.6 Å². The van der Waals surface area contributed by atoms with E-state index in [2.05, 4.69) is 22.3 Å². The van der Waals surface area contributed by atoms with Gasteiger partial charge in [-0.3, -0.25) is 19.3 Å². The van der Waals surface area contributed by atoms with E-state index in [0.29, 0.717) is 22.9 Å². The molecule has 2 atom stereocenters. The molecule has 0 bridgehead atoms. The van der Waals surface area contributed by atoms with Crippen molar-refractivity contribution < 1.29 is 36.3 Å². The van der Waals surface area contributed by atoms with Crippen molar-refractivity contribution in [3.8, 4) is 5.69 Å². The minimum Gasteiger partial charge on any atom is -0.344 e. The van der Waals surface area contributed by atoms with E-state index < -0.39 is 53.1 Å². The van der Waals surface area contributed by atoms with E-state index >= 15 is 0 Å². The van der Waals surface area contributed by atoms with E-state index in [-0.39, 0.29) is 30.2 Å². The number of aromatic nitrogens is 2. The Bertz CT molecular complexity index is 1770. The van der Waals surface area contributed by atoms with Crippen molar-refractivity contribution in [1.82, 2.24) is 20.4 Å². The Labute approximate surface area is 254 Å². The number of likely N-dealkylation sites (N-methyl/N-ethyl adjacent to an activating group) is 1. The van der Waals surface area contributed by atoms with Crippen LogP contribution in [0.5, 0.6) is 0 Å². The lowest BCUT2D eigenvalue weighted by Gasteiger charge is -2.38. The summed E-state index contributed by atoms with van der Waals surface area (Å²) < 4.78 is 69.3. The second-order valence-corrected chi connectivity index (χ2v) is 10.2. The molecule has 1 aliphatic heterocycles. The molecule has 0 spiro atoms. The van der Waals surface area contributed by atoms with Crippen LogP contribution in [0.3, 0.4) is 0 Å². The van der Waals surface area contributed by atoms with Gasteiger partial charge in [0.25, 0.3) is 17.7 Å². The number of hydrogen-bond donors (Lipinski definition) is 2. The summed E-state index contributed by atoms with van der Waals surface area (Å²) in [5, 5.41) is 9.67. The summed E-state index contributed by atoms with van der Waals surface area (Å²) >= 11 is 0. The van der Waals surface area contributed by atoms with Crippen LogP contribution in [0.25, 0.3) is 5.69 Å². The largest absolute Gasteiger partial charge is 0.416 e. The molecule has 0 saturated heterocycles. The minimum atomic E-state index is -4.71. The molecule has 13 heteroatoms. The number of anilines is 1. The maximum absolute atomic E-state index is 14.2. The van der Waals surface area contributed by atoms with Gasteiger partial charge in [-0.1, -0.05) is 43.0 Å². The lowest BCUT2D eigenvalue weighted by Crippen LogP contribution is -2.55. The highest BCUT2D eigenvalue weighted by atomic mass is 19.4. The minimum absolute atomic E-state index is 0.0868. The molecular weight excluding hydrogens is 597 g/mol. The van der Waals surface area contributed by atoms with Crippen LogP contribution in [0, 0.1) is 5.82 Å². The summed E-state index contributed by atoms with van der Waals surface area (Å²) in [5.74, 6) is -5.23. The molecule has 45 heavy (non-hydrogen) atoms. The van der Waals surface area contributed by atoms with Gasteiger partial charge in [0.1, 0.15) is 17.7 Å². The van der Waals surface area contributed by atoms with Crippen LogP contribution in [0.15, 0.2) is 91.3 Å². The quantitative estimate of drug-likeness (QED) is 0.202. The molecule has 3 amide bonds. The fourth-order valence-corrected chi connectivity index (χ4v) is 5.31. The summed E-state index contributed by atoms with van der Waals surface area (Å²) in [6.07, 6.45) is -4.71. The number of carbonyl (C=O) groups excluding carboxylic acids is 3. The Morgan fingerprint density at radius 1 is 1.00 bits per heavy atom. The average molecular weight is 624 g/mol. The number of nitrogens with one attached hydrogen (secondary N) is 2. The van der Waals surface area contributed by atoms with Gasteiger partial charge in [0.05, 0.1) is 23.5 Å². The van der Waals surface area contributed by atoms with Crippen molar-refractivity contribution in [1.29, 1.82) is 0 Å². The van der Waals surface area contributed by atoms with Gasteiger partial charge in [0.2, 0.25) is 0 Å². The van der Waals surface area contributed by atoms with Crippen LogP contribution < -0.4 is 15.5 Å². The number of fused-ring (bicyclic) bond motifs is 1. The van der Waals surface area contributed by atoms with E-state index in [1.54, 1.807) is 37.3 Å². The highest BCUT2D eigenvalue weighted by Gasteiger charge is 2.46. The highest BCUT2D eigenvalue weighted by Crippen LogP contribution is 2.43. The Morgan fingerprint density at radius 3 is 2.31 bits per heavy atom. The Hall–Kier alpha value is -5.33. The average Bonchev–Trinajstić information content (AvgIpc) is 3.39. The first-order chi connectivity index (χ1) is 21.4. The molecule has 0 aliphatic carbocycles. The van der Waals surface area contributed by atoms with Crippen molar-refractivity contribution in [3.63, 3.8) is 0 Å². The molecule has 3 aromatic carbocycles. The molecule has 232 valence electrons. The number of alkyl halides is 3. The van der Waals surface area contributed by atoms with E-state index in [4.69, 9.17) is 0 Å². The molecule has 0 radical (unpaired) electrons. The second kappa shape index (κ2) is 12.3. The standard InChI is InChI=1S/C32H26F5N5O3/c1-3-41-30-26(24(17-38-28(43)18(2)33)40-42(30)23-10-5-4-6-11-23)25(19-12-14-22(34)15-13-19)27(31(41)45)39-29(44)20-8-7-9-21(16-20)32(35,36)37/h4-16,25,27H,2-3,17H2,1H3,(H,38,43)(H,39,44)/t25-,27-/m0/s1. The molecule has 2 N–H and O–H groups in total. The number of benzene rings is 3. The SMILES string of the molecule is C=C(F)C(=O)NCc1nn(-c2ccccc2)c2c1[C@H](c1ccc(F)cc1)[C@H](NC(=O)c1cccc(C(F)(F)F)c1)C(=O)N2CC. The zero-order valence-corrected chi connectivity index (χ0v) is 23.7. The van der Waals surface area contributed by atoms with E-state index in [1.807, 2.05) is 0 Å². The predicted octanol–water partition coefficient (Wildman–Crippen LogP) is 5.43. The summed E-state index contributed by atoms with van der Waals surface area (Å²) in [6, 6.07) is 16.2. The third-order valence-electron chi connectivity index (χ3n) is 7.35. The Balaban J connectivity index is 1.70. The van der Waals surface area contributed by atoms with Gasteiger partial charge in [-0.25, -0.2) is 13.5 Å². The van der Waals surface area contributed by atoms with Crippen LogP contribution in [0.4, 0.5) is 27.8 Å². The van der Waals surface area contributed by atoms with Gasteiger partial charge >= 0.3 is 6.18 Å². The molecule has 2 heterocycles. The summed E-state index contributed by atoms with van der Waals surface area (Å²) in [5.41, 5.74) is 0.0728. The first-order valence-corrected chi connectivity index (χ1v) is 13.8. The fourth-order valence-electron chi connectivity index (χ4n) is 5.31. The van der Waals surface area contributed by atoms with Crippen LogP contribution in [0.2, 0.25) is 0 Å². The number of amides is 3. The van der Waals surface area contributed by atoms with Crippen LogP contribution in [-0.4, -0.2) is 40.1 Å². The highest BCUT2D eigenvalue weighted by molar-refractivity contribution is 6.05. The summed E-state index contributed by atoms with van der Waals surface area (Å²) in [4.78, 5) is 41.1. The van der Waals surface area contributed by atoms with Crippen molar-refractivity contribution in [2.24, 2.45) is 0 Å². The molecule has 0 saturated carbocycles. The van der Waals surface area contributed by atoms with Gasteiger partial charge in [0, 0.05) is 23.6 Å². The zero-order chi connectivity index (χ0) is 32.5. The van der Waals surface area contributed by atoms with Crippen LogP contribution in [0.1, 0.15) is 45.6 Å². The monoisotopic (exact) mass is 623 g/mol. The lowest BCUT2D eigenvalue weighted by atomic mass is 9.80. The number of carbonyl (C=O) groups is 3. The number of hydrogen-bond acceptors (Lipinski definition) is 4. The molecule has 1 aliphatic rings. The molecule has 8 nitrogen and oxygen atoms in total. The Morgan fingerprint density at radius 2 is 1.69 bits per heavy atom. The predicted molar refractivity (Wildman–Crippen MR) is 155 cm³/mol. The first kappa shape index (κ1) is 31.1. The second-order valence-electron chi connectivity index (χ2n) is 10.2. The Kier molecular flexibility index (Phi) is 8.53. The van der Waals surface area contributed by atoms with Crippen molar-refractivity contribution >= 4 is 23.5 Å². The normalized spacial score (nSPS) is 16.2. The smallest absolute Gasteiger partial charge is 0.344 e. The van der Waals surface area contributed by atoms with Gasteiger partial charge in [-0.05, 0) is 55.0 Å². The number of rotatable bonds is 8. The number of nitrogens with zero attached hydrogens (tertiary/aromatic N) is 3. The third-order valence-corrected chi connectivity index (χ3v) is 7.35. The molecular formula is C32H26F5N5O3. The molecule has 4 aromatic rings. The topological polar surface area (TPSA) is 96.3 Å². The van der Waals surface area contributed by atoms with Crippen LogP contribution >= 0.6 is 0 Å². The number of halogens is 5. The number of para-hydroxylation sites is 1. The van der Waals surface area contributed by atoms with Gasteiger partial charge in [0.15, 0.2) is 5.83 Å². The van der Waals surface area contributed by atoms with Gasteiger partial charge in [-0.2, -0.15) is 18.3 Å². The van der Waals surface area contributed by atoms with E-state index in [1.165, 1.54) is 27.8 Å². The molecule has 0 unspecified atom stereocenters. The van der Waals surface area contributed by atoms with E-state index in [0.717, 1.165) is 24.3 Å². The molecule has 1 aromatic heterocycles. The van der Waals surface area contributed by atoms with Gasteiger partial charge < -0.3 is 10.6 Å². The lowest BCUT2D eigenvalue weighted by molar-refractivity contribution is -0.137. The summed E-state index contributed by atoms with van der Waals surface area (Å²) in [7, 11) is 0. The molecule has 0 fully saturated rings. The maximum atomic E-state index is 14.2. The summed E-state index contributed by atoms with van der Waals surface area (Å²) in [6.45, 7) is 4.45. The zero-order valence-electron chi connectivity index (χ0n) is 23.7. The third kappa shape index (κ3) is 6.19. The van der Waals surface area contributed by atoms with E-state index in [9.17, 15) is 36.3 Å². The van der Waals surface area contributed by atoms with Crippen molar-refractivity contribution in [2.75, 3.05) is 11.4 Å². The van der Waals surface area contributed by atoms with Crippen LogP contribution in [-0.2, 0) is 22.3 Å². The maximum Gasteiger partial charge on any atom is 0.416 e. The van der Waals surface area contributed by atoms with Crippen molar-refractivity contribution in [3.05, 3.63) is 125 Å². The fraction of sp³-hybridized carbons (Fsp3) is 0.188. The molecule has 5 rings (SSSR count). The van der Waals surface area contributed by atoms with Gasteiger partial charge in [-0.15, -0.1) is 0 Å².